The molecule has 0 bridgehead atoms. The van der Waals surface area contributed by atoms with Gasteiger partial charge in [-0.1, -0.05) is 0 Å². The number of carbonyl (C=O) groups is 1. The Morgan fingerprint density at radius 3 is 2.94 bits per heavy atom. The number of nitro benzene ring substituents is 1. The molecule has 0 aliphatic carbocycles. The Bertz CT molecular complexity index is 611. The van der Waals surface area contributed by atoms with Crippen molar-refractivity contribution in [3.8, 4) is 0 Å². The van der Waals surface area contributed by atoms with Gasteiger partial charge in [0.05, 0.1) is 16.7 Å². The molecule has 92 valence electrons. The summed E-state index contributed by atoms with van der Waals surface area (Å²) in [6, 6.07) is 4.44. The normalized spacial score (nSPS) is 10.1. The van der Waals surface area contributed by atoms with E-state index in [1.54, 1.807) is 6.07 Å². The molecule has 1 aromatic carbocycles. The molecule has 0 radical (unpaired) electrons. The van der Waals surface area contributed by atoms with E-state index in [-0.39, 0.29) is 11.4 Å². The lowest BCUT2D eigenvalue weighted by atomic mass is 10.2. The van der Waals surface area contributed by atoms with E-state index in [1.165, 1.54) is 18.3 Å². The van der Waals surface area contributed by atoms with Gasteiger partial charge in [0.2, 0.25) is 0 Å². The van der Waals surface area contributed by atoms with Crippen LogP contribution in [0.4, 0.5) is 17.2 Å². The summed E-state index contributed by atoms with van der Waals surface area (Å²) < 4.78 is 0. The first-order valence-corrected chi connectivity index (χ1v) is 5.29. The number of hydrogen-bond donors (Lipinski definition) is 3. The van der Waals surface area contributed by atoms with Crippen molar-refractivity contribution in [3.05, 3.63) is 40.1 Å². The molecule has 1 aromatic heterocycles. The number of aldehydes is 1. The number of hydrogen-bond acceptors (Lipinski definition) is 6. The maximum absolute atomic E-state index is 10.9. The minimum Gasteiger partial charge on any atom is -0.334 e. The zero-order valence-electron chi connectivity index (χ0n) is 8.95. The van der Waals surface area contributed by atoms with Gasteiger partial charge in [-0.25, -0.2) is 0 Å². The first kappa shape index (κ1) is 12.1. The quantitative estimate of drug-likeness (QED) is 0.340. The highest BCUT2D eigenvalue weighted by Gasteiger charge is 2.15. The molecule has 0 amide bonds. The highest BCUT2D eigenvalue weighted by molar-refractivity contribution is 7.80. The molecule has 2 N–H and O–H groups in total. The van der Waals surface area contributed by atoms with E-state index >= 15 is 0 Å². The van der Waals surface area contributed by atoms with Crippen molar-refractivity contribution in [3.63, 3.8) is 0 Å². The van der Waals surface area contributed by atoms with Gasteiger partial charge in [-0.05, 0) is 12.1 Å². The maximum Gasteiger partial charge on any atom is 0.293 e. The summed E-state index contributed by atoms with van der Waals surface area (Å²) in [5.74, 6) is 0.306. The molecule has 0 spiro atoms. The van der Waals surface area contributed by atoms with Gasteiger partial charge < -0.3 is 5.32 Å². The van der Waals surface area contributed by atoms with Crippen LogP contribution in [0.2, 0.25) is 0 Å². The lowest BCUT2D eigenvalue weighted by molar-refractivity contribution is -0.384. The number of nitrogens with zero attached hydrogens (tertiary/aromatic N) is 2. The van der Waals surface area contributed by atoms with Gasteiger partial charge in [-0.3, -0.25) is 20.0 Å². The second-order valence-corrected chi connectivity index (χ2v) is 3.92. The van der Waals surface area contributed by atoms with Crippen molar-refractivity contribution in [1.29, 1.82) is 0 Å². The molecule has 0 aliphatic heterocycles. The van der Waals surface area contributed by atoms with Crippen LogP contribution in [0.25, 0.3) is 0 Å². The van der Waals surface area contributed by atoms with Crippen LogP contribution in [-0.2, 0) is 0 Å². The van der Waals surface area contributed by atoms with E-state index in [4.69, 9.17) is 0 Å². The summed E-state index contributed by atoms with van der Waals surface area (Å²) >= 11 is 4.04. The average Bonchev–Trinajstić information content (AvgIpc) is 2.78. The average molecular weight is 264 g/mol. The van der Waals surface area contributed by atoms with E-state index < -0.39 is 4.92 Å². The van der Waals surface area contributed by atoms with E-state index in [0.29, 0.717) is 22.6 Å². The summed E-state index contributed by atoms with van der Waals surface area (Å²) in [7, 11) is 0. The van der Waals surface area contributed by atoms with Crippen LogP contribution >= 0.6 is 12.6 Å². The molecule has 0 aliphatic rings. The number of benzene rings is 1. The molecule has 0 unspecified atom stereocenters. The Hall–Kier alpha value is -2.35. The van der Waals surface area contributed by atoms with Crippen LogP contribution in [0.3, 0.4) is 0 Å². The fourth-order valence-electron chi connectivity index (χ4n) is 1.40. The SMILES string of the molecule is O=Cc1cn[nH]c1Nc1ccc(S)cc1[N+](=O)[O-]. The Balaban J connectivity index is 2.40. The number of thiol groups is 1. The first-order valence-electron chi connectivity index (χ1n) is 4.85. The molecular weight excluding hydrogens is 256 g/mol. The van der Waals surface area contributed by atoms with Gasteiger partial charge >= 0.3 is 0 Å². The Kier molecular flexibility index (Phi) is 3.28. The van der Waals surface area contributed by atoms with Crippen LogP contribution in [0.15, 0.2) is 29.3 Å². The number of aromatic amines is 1. The van der Waals surface area contributed by atoms with Gasteiger partial charge in [0.15, 0.2) is 6.29 Å². The number of carbonyl (C=O) groups excluding carboxylic acids is 1. The summed E-state index contributed by atoms with van der Waals surface area (Å²) in [6.45, 7) is 0. The molecule has 0 fully saturated rings. The lowest BCUT2D eigenvalue weighted by Crippen LogP contribution is -1.99. The molecule has 2 aromatic rings. The molecule has 1 heterocycles. The van der Waals surface area contributed by atoms with Crippen molar-refractivity contribution in [1.82, 2.24) is 10.2 Å². The van der Waals surface area contributed by atoms with Crippen molar-refractivity contribution in [2.45, 2.75) is 4.90 Å². The summed E-state index contributed by atoms with van der Waals surface area (Å²) in [6.07, 6.45) is 1.93. The number of rotatable bonds is 4. The van der Waals surface area contributed by atoms with Gasteiger partial charge in [0, 0.05) is 11.0 Å². The monoisotopic (exact) mass is 264 g/mol. The second-order valence-electron chi connectivity index (χ2n) is 3.40. The van der Waals surface area contributed by atoms with Crippen molar-refractivity contribution in [2.24, 2.45) is 0 Å². The van der Waals surface area contributed by atoms with Crippen LogP contribution in [-0.4, -0.2) is 21.4 Å². The number of anilines is 2. The number of aromatic nitrogens is 2. The van der Waals surface area contributed by atoms with Crippen LogP contribution in [0.5, 0.6) is 0 Å². The minimum absolute atomic E-state index is 0.131. The van der Waals surface area contributed by atoms with Crippen molar-refractivity contribution >= 4 is 36.1 Å². The zero-order chi connectivity index (χ0) is 13.1. The molecule has 8 heteroatoms. The topological polar surface area (TPSA) is 101 Å². The zero-order valence-corrected chi connectivity index (χ0v) is 9.85. The molecule has 7 nitrogen and oxygen atoms in total. The fourth-order valence-corrected chi connectivity index (χ4v) is 1.59. The van der Waals surface area contributed by atoms with Crippen LogP contribution in [0, 0.1) is 10.1 Å². The van der Waals surface area contributed by atoms with Gasteiger partial charge in [0.1, 0.15) is 11.5 Å². The molecule has 2 rings (SSSR count). The third-order valence-electron chi connectivity index (χ3n) is 2.23. The van der Waals surface area contributed by atoms with E-state index in [9.17, 15) is 14.9 Å². The fraction of sp³-hybridized carbons (Fsp3) is 0. The van der Waals surface area contributed by atoms with E-state index in [0.717, 1.165) is 0 Å². The molecule has 0 saturated carbocycles. The molecule has 18 heavy (non-hydrogen) atoms. The third kappa shape index (κ3) is 2.33. The number of nitrogens with one attached hydrogen (secondary N) is 2. The smallest absolute Gasteiger partial charge is 0.293 e. The van der Waals surface area contributed by atoms with Crippen molar-refractivity contribution < 1.29 is 9.72 Å². The van der Waals surface area contributed by atoms with Crippen LogP contribution < -0.4 is 5.32 Å². The molecular formula is C10H8N4O3S. The Morgan fingerprint density at radius 2 is 2.28 bits per heavy atom. The summed E-state index contributed by atoms with van der Waals surface area (Å²) in [5, 5.41) is 19.9. The third-order valence-corrected chi connectivity index (χ3v) is 2.51. The highest BCUT2D eigenvalue weighted by Crippen LogP contribution is 2.29. The maximum atomic E-state index is 10.9. The van der Waals surface area contributed by atoms with Crippen molar-refractivity contribution in [2.75, 3.05) is 5.32 Å². The minimum atomic E-state index is -0.529. The van der Waals surface area contributed by atoms with Gasteiger partial charge in [-0.2, -0.15) is 5.10 Å². The standard InChI is InChI=1S/C10H8N4O3S/c15-5-6-4-11-13-10(6)12-8-2-1-7(18)3-9(8)14(16)17/h1-5,18H,(H2,11,12,13). The largest absolute Gasteiger partial charge is 0.334 e. The predicted molar refractivity (Wildman–Crippen MR) is 67.6 cm³/mol. The van der Waals surface area contributed by atoms with E-state index in [2.05, 4.69) is 28.1 Å². The Labute approximate surface area is 107 Å². The molecule has 0 saturated heterocycles. The number of H-pyrrole nitrogens is 1. The van der Waals surface area contributed by atoms with Gasteiger partial charge in [-0.15, -0.1) is 12.6 Å². The number of nitro groups is 1. The predicted octanol–water partition coefficient (Wildman–Crippen LogP) is 2.16. The summed E-state index contributed by atoms with van der Waals surface area (Å²) in [4.78, 5) is 21.5. The molecule has 0 atom stereocenters. The Morgan fingerprint density at radius 1 is 1.50 bits per heavy atom. The lowest BCUT2D eigenvalue weighted by Gasteiger charge is -2.05. The summed E-state index contributed by atoms with van der Waals surface area (Å²) in [5.41, 5.74) is 0.415. The van der Waals surface area contributed by atoms with Gasteiger partial charge in [0.25, 0.3) is 5.69 Å². The highest BCUT2D eigenvalue weighted by atomic mass is 32.1. The van der Waals surface area contributed by atoms with E-state index in [1.807, 2.05) is 0 Å². The van der Waals surface area contributed by atoms with Crippen LogP contribution in [0.1, 0.15) is 10.4 Å². The first-order chi connectivity index (χ1) is 8.61. The second kappa shape index (κ2) is 4.88.